The second-order valence-electron chi connectivity index (χ2n) is 7.01. The van der Waals surface area contributed by atoms with E-state index in [1.807, 2.05) is 20.8 Å². The number of hydrogen-bond acceptors (Lipinski definition) is 5. The molecule has 1 saturated heterocycles. The standard InChI is InChI=1S/C17H34N4O4/c1-17(2,3)25-16(22)20-14-7-9-21(13-14)15(18-4)19-8-6-10-24-12-11-23-5/h14H,6-13H2,1-5H3,(H,18,19)(H,20,22). The lowest BCUT2D eigenvalue weighted by atomic mass is 10.2. The van der Waals surface area contributed by atoms with E-state index in [0.29, 0.717) is 19.8 Å². The third-order valence-electron chi connectivity index (χ3n) is 3.60. The molecule has 25 heavy (non-hydrogen) atoms. The molecule has 0 aliphatic carbocycles. The smallest absolute Gasteiger partial charge is 0.407 e. The normalized spacial score (nSPS) is 18.4. The number of rotatable bonds is 8. The van der Waals surface area contributed by atoms with Gasteiger partial charge in [-0.05, 0) is 33.6 Å². The number of likely N-dealkylation sites (tertiary alicyclic amines) is 1. The molecule has 1 atom stereocenters. The van der Waals surface area contributed by atoms with E-state index in [2.05, 4.69) is 20.5 Å². The van der Waals surface area contributed by atoms with Crippen molar-refractivity contribution in [3.63, 3.8) is 0 Å². The lowest BCUT2D eigenvalue weighted by Crippen LogP contribution is -2.44. The number of amides is 1. The van der Waals surface area contributed by atoms with E-state index >= 15 is 0 Å². The Kier molecular flexibility index (Phi) is 9.59. The molecule has 1 rings (SSSR count). The molecule has 0 spiro atoms. The second-order valence-corrected chi connectivity index (χ2v) is 7.01. The second kappa shape index (κ2) is 11.1. The number of hydrogen-bond donors (Lipinski definition) is 2. The molecule has 8 heteroatoms. The average Bonchev–Trinajstić information content (AvgIpc) is 2.96. The van der Waals surface area contributed by atoms with Crippen LogP contribution in [0.3, 0.4) is 0 Å². The van der Waals surface area contributed by atoms with Crippen molar-refractivity contribution in [1.29, 1.82) is 0 Å². The zero-order chi connectivity index (χ0) is 18.7. The van der Waals surface area contributed by atoms with Gasteiger partial charge in [-0.25, -0.2) is 4.79 Å². The van der Waals surface area contributed by atoms with Gasteiger partial charge in [0.2, 0.25) is 0 Å². The van der Waals surface area contributed by atoms with E-state index in [1.54, 1.807) is 14.2 Å². The highest BCUT2D eigenvalue weighted by Crippen LogP contribution is 2.11. The average molecular weight is 358 g/mol. The first kappa shape index (κ1) is 21.5. The van der Waals surface area contributed by atoms with E-state index < -0.39 is 5.60 Å². The van der Waals surface area contributed by atoms with Gasteiger partial charge in [0.1, 0.15) is 5.60 Å². The summed E-state index contributed by atoms with van der Waals surface area (Å²) in [7, 11) is 3.43. The van der Waals surface area contributed by atoms with Crippen molar-refractivity contribution in [3.8, 4) is 0 Å². The fourth-order valence-electron chi connectivity index (χ4n) is 2.50. The minimum Gasteiger partial charge on any atom is -0.444 e. The van der Waals surface area contributed by atoms with Gasteiger partial charge in [-0.15, -0.1) is 0 Å². The van der Waals surface area contributed by atoms with E-state index in [-0.39, 0.29) is 12.1 Å². The number of methoxy groups -OCH3 is 1. The van der Waals surface area contributed by atoms with Crippen molar-refractivity contribution in [3.05, 3.63) is 0 Å². The molecule has 1 amide bonds. The minimum absolute atomic E-state index is 0.0748. The summed E-state index contributed by atoms with van der Waals surface area (Å²) in [5.41, 5.74) is -0.481. The highest BCUT2D eigenvalue weighted by molar-refractivity contribution is 5.80. The summed E-state index contributed by atoms with van der Waals surface area (Å²) in [4.78, 5) is 18.3. The molecule has 0 bridgehead atoms. The molecule has 0 aromatic carbocycles. The van der Waals surface area contributed by atoms with Crippen molar-refractivity contribution >= 4 is 12.1 Å². The molecule has 0 aromatic heterocycles. The molecule has 2 N–H and O–H groups in total. The van der Waals surface area contributed by atoms with E-state index in [4.69, 9.17) is 14.2 Å². The van der Waals surface area contributed by atoms with Gasteiger partial charge >= 0.3 is 6.09 Å². The Balaban J connectivity index is 2.25. The van der Waals surface area contributed by atoms with Crippen molar-refractivity contribution < 1.29 is 19.0 Å². The van der Waals surface area contributed by atoms with Gasteiger partial charge in [0.05, 0.1) is 19.3 Å². The van der Waals surface area contributed by atoms with Crippen LogP contribution in [0, 0.1) is 0 Å². The van der Waals surface area contributed by atoms with Crippen LogP contribution in [-0.2, 0) is 14.2 Å². The molecule has 0 radical (unpaired) electrons. The van der Waals surface area contributed by atoms with Crippen LogP contribution >= 0.6 is 0 Å². The fraction of sp³-hybridized carbons (Fsp3) is 0.882. The number of carbonyl (C=O) groups excluding carboxylic acids is 1. The molecule has 1 aliphatic rings. The van der Waals surface area contributed by atoms with Crippen LogP contribution in [0.15, 0.2) is 4.99 Å². The highest BCUT2D eigenvalue weighted by Gasteiger charge is 2.27. The molecular weight excluding hydrogens is 324 g/mol. The van der Waals surface area contributed by atoms with Gasteiger partial charge in [-0.2, -0.15) is 0 Å². The molecule has 1 unspecified atom stereocenters. The zero-order valence-electron chi connectivity index (χ0n) is 16.3. The molecule has 1 fully saturated rings. The number of aliphatic imine (C=N–C) groups is 1. The Morgan fingerprint density at radius 3 is 2.68 bits per heavy atom. The quantitative estimate of drug-likeness (QED) is 0.385. The Morgan fingerprint density at radius 2 is 2.04 bits per heavy atom. The van der Waals surface area contributed by atoms with Crippen molar-refractivity contribution in [2.24, 2.45) is 4.99 Å². The maximum Gasteiger partial charge on any atom is 0.407 e. The molecule has 0 aromatic rings. The summed E-state index contributed by atoms with van der Waals surface area (Å²) in [5.74, 6) is 0.852. The largest absolute Gasteiger partial charge is 0.444 e. The Labute approximate surface area is 151 Å². The Hall–Kier alpha value is -1.54. The lowest BCUT2D eigenvalue weighted by molar-refractivity contribution is 0.0507. The maximum absolute atomic E-state index is 11.9. The summed E-state index contributed by atoms with van der Waals surface area (Å²) in [6.45, 7) is 9.88. The van der Waals surface area contributed by atoms with Crippen molar-refractivity contribution in [1.82, 2.24) is 15.5 Å². The number of alkyl carbamates (subject to hydrolysis) is 1. The van der Waals surface area contributed by atoms with Gasteiger partial charge < -0.3 is 29.7 Å². The maximum atomic E-state index is 11.9. The van der Waals surface area contributed by atoms with Crippen LogP contribution in [0.25, 0.3) is 0 Å². The molecule has 0 saturated carbocycles. The van der Waals surface area contributed by atoms with Crippen molar-refractivity contribution in [2.75, 3.05) is 53.6 Å². The number of guanidine groups is 1. The zero-order valence-corrected chi connectivity index (χ0v) is 16.3. The first-order valence-corrected chi connectivity index (χ1v) is 8.87. The number of ether oxygens (including phenoxy) is 3. The topological polar surface area (TPSA) is 84.4 Å². The molecule has 8 nitrogen and oxygen atoms in total. The van der Waals surface area contributed by atoms with Crippen LogP contribution in [0.2, 0.25) is 0 Å². The predicted molar refractivity (Wildman–Crippen MR) is 98.0 cm³/mol. The summed E-state index contributed by atoms with van der Waals surface area (Å²) in [6, 6.07) is 0.0748. The molecule has 1 aliphatic heterocycles. The lowest BCUT2D eigenvalue weighted by Gasteiger charge is -2.23. The van der Waals surface area contributed by atoms with Gasteiger partial charge in [-0.1, -0.05) is 0 Å². The summed E-state index contributed by atoms with van der Waals surface area (Å²) < 4.78 is 15.7. The first-order chi connectivity index (χ1) is 11.9. The third kappa shape index (κ3) is 9.50. The number of nitrogens with zero attached hydrogens (tertiary/aromatic N) is 2. The Bertz CT molecular complexity index is 423. The highest BCUT2D eigenvalue weighted by atomic mass is 16.6. The molecular formula is C17H34N4O4. The van der Waals surface area contributed by atoms with Gasteiger partial charge in [0.15, 0.2) is 5.96 Å². The molecule has 1 heterocycles. The SMILES string of the molecule is CN=C(NCCCOCCOC)N1CCC(NC(=O)OC(C)(C)C)C1. The summed E-state index contributed by atoms with van der Waals surface area (Å²) >= 11 is 0. The van der Waals surface area contributed by atoms with Crippen LogP contribution in [0.4, 0.5) is 4.79 Å². The van der Waals surface area contributed by atoms with Gasteiger partial charge in [-0.3, -0.25) is 4.99 Å². The third-order valence-corrected chi connectivity index (χ3v) is 3.60. The van der Waals surface area contributed by atoms with E-state index in [9.17, 15) is 4.79 Å². The fourth-order valence-corrected chi connectivity index (χ4v) is 2.50. The van der Waals surface area contributed by atoms with Crippen molar-refractivity contribution in [2.45, 2.75) is 45.3 Å². The van der Waals surface area contributed by atoms with Crippen LogP contribution in [0.1, 0.15) is 33.6 Å². The summed E-state index contributed by atoms with van der Waals surface area (Å²) in [5, 5.41) is 6.26. The van der Waals surface area contributed by atoms with Crippen LogP contribution in [0.5, 0.6) is 0 Å². The minimum atomic E-state index is -0.481. The van der Waals surface area contributed by atoms with Crippen LogP contribution in [-0.4, -0.2) is 82.2 Å². The monoisotopic (exact) mass is 358 g/mol. The Morgan fingerprint density at radius 1 is 1.28 bits per heavy atom. The first-order valence-electron chi connectivity index (χ1n) is 8.87. The van der Waals surface area contributed by atoms with E-state index in [0.717, 1.165) is 38.4 Å². The summed E-state index contributed by atoms with van der Waals surface area (Å²) in [6.07, 6.45) is 1.41. The number of carbonyl (C=O) groups is 1. The van der Waals surface area contributed by atoms with Crippen LogP contribution < -0.4 is 10.6 Å². The van der Waals surface area contributed by atoms with Gasteiger partial charge in [0, 0.05) is 40.4 Å². The van der Waals surface area contributed by atoms with Gasteiger partial charge in [0.25, 0.3) is 0 Å². The predicted octanol–water partition coefficient (Wildman–Crippen LogP) is 1.21. The molecule has 146 valence electrons. The number of nitrogens with one attached hydrogen (secondary N) is 2. The van der Waals surface area contributed by atoms with E-state index in [1.165, 1.54) is 0 Å².